The molecule has 2 aromatic rings. The molecule has 1 fully saturated rings. The lowest BCUT2D eigenvalue weighted by Crippen LogP contribution is -2.17. The second kappa shape index (κ2) is 7.83. The maximum absolute atomic E-state index is 8.82. The number of anilines is 5. The van der Waals surface area contributed by atoms with Crippen LogP contribution in [0.25, 0.3) is 0 Å². The highest BCUT2D eigenvalue weighted by atomic mass is 16.3. The summed E-state index contributed by atoms with van der Waals surface area (Å²) in [6.07, 6.45) is 6.46. The molecule has 1 heterocycles. The number of benzene rings is 1. The third kappa shape index (κ3) is 4.26. The van der Waals surface area contributed by atoms with Gasteiger partial charge in [-0.1, -0.05) is 12.8 Å². The summed E-state index contributed by atoms with van der Waals surface area (Å²) in [5.41, 5.74) is 8.39. The molecule has 0 atom stereocenters. The highest BCUT2D eigenvalue weighted by Crippen LogP contribution is 2.25. The molecule has 24 heavy (non-hydrogen) atoms. The molecule has 1 aliphatic rings. The Kier molecular flexibility index (Phi) is 5.32. The number of aliphatic hydroxyl groups excluding tert-OH is 1. The largest absolute Gasteiger partial charge is 0.395 e. The lowest BCUT2D eigenvalue weighted by molar-refractivity contribution is 0.311. The molecule has 1 aromatic carbocycles. The predicted octanol–water partition coefficient (Wildman–Crippen LogP) is 2.56. The summed E-state index contributed by atoms with van der Waals surface area (Å²) in [6, 6.07) is 8.19. The van der Waals surface area contributed by atoms with Gasteiger partial charge in [0.25, 0.3) is 0 Å². The molecule has 0 unspecified atom stereocenters. The number of aliphatic hydroxyl groups is 1. The van der Waals surface area contributed by atoms with Crippen molar-refractivity contribution in [1.82, 2.24) is 9.97 Å². The highest BCUT2D eigenvalue weighted by Gasteiger charge is 2.16. The van der Waals surface area contributed by atoms with Crippen molar-refractivity contribution in [2.75, 3.05) is 34.8 Å². The van der Waals surface area contributed by atoms with E-state index in [-0.39, 0.29) is 6.61 Å². The minimum atomic E-state index is 0.107. The standard InChI is InChI=1S/C17H24N6O/c18-15-11-20-17(23-16(15)21-13-3-1-2-4-13)22-14-7-5-12(6-8-14)19-9-10-24/h5-8,11,13,19,24H,1-4,9-10,18H2,(H2,20,21,22,23). The summed E-state index contributed by atoms with van der Waals surface area (Å²) in [7, 11) is 0. The number of hydrogen-bond acceptors (Lipinski definition) is 7. The fraction of sp³-hybridized carbons (Fsp3) is 0.412. The summed E-state index contributed by atoms with van der Waals surface area (Å²) in [5, 5.41) is 18.5. The van der Waals surface area contributed by atoms with E-state index in [1.54, 1.807) is 6.20 Å². The average molecular weight is 328 g/mol. The summed E-state index contributed by atoms with van der Waals surface area (Å²) < 4.78 is 0. The van der Waals surface area contributed by atoms with Crippen LogP contribution in [0.3, 0.4) is 0 Å². The first-order valence-electron chi connectivity index (χ1n) is 8.35. The van der Waals surface area contributed by atoms with E-state index in [2.05, 4.69) is 25.9 Å². The van der Waals surface area contributed by atoms with E-state index < -0.39 is 0 Å². The second-order valence-corrected chi connectivity index (χ2v) is 5.98. The van der Waals surface area contributed by atoms with Crippen LogP contribution in [0.15, 0.2) is 30.5 Å². The molecule has 0 bridgehead atoms. The zero-order valence-corrected chi connectivity index (χ0v) is 13.6. The van der Waals surface area contributed by atoms with Crippen molar-refractivity contribution in [2.24, 2.45) is 0 Å². The molecule has 0 aliphatic heterocycles. The van der Waals surface area contributed by atoms with Gasteiger partial charge in [0.15, 0.2) is 5.82 Å². The topological polar surface area (TPSA) is 108 Å². The number of aromatic nitrogens is 2. The van der Waals surface area contributed by atoms with Crippen LogP contribution in [0.5, 0.6) is 0 Å². The van der Waals surface area contributed by atoms with Crippen molar-refractivity contribution in [3.05, 3.63) is 30.5 Å². The Labute approximate surface area is 141 Å². The number of nitrogens with zero attached hydrogens (tertiary/aromatic N) is 2. The molecule has 0 spiro atoms. The molecular weight excluding hydrogens is 304 g/mol. The van der Waals surface area contributed by atoms with E-state index in [1.807, 2.05) is 24.3 Å². The molecular formula is C17H24N6O. The lowest BCUT2D eigenvalue weighted by atomic mass is 10.2. The Balaban J connectivity index is 1.65. The molecule has 1 aromatic heterocycles. The fourth-order valence-electron chi connectivity index (χ4n) is 2.83. The Morgan fingerprint density at radius 1 is 1.12 bits per heavy atom. The van der Waals surface area contributed by atoms with Crippen molar-refractivity contribution >= 4 is 28.8 Å². The molecule has 128 valence electrons. The summed E-state index contributed by atoms with van der Waals surface area (Å²) in [5.74, 6) is 1.21. The van der Waals surface area contributed by atoms with E-state index in [0.717, 1.165) is 24.2 Å². The monoisotopic (exact) mass is 328 g/mol. The van der Waals surface area contributed by atoms with Crippen LogP contribution in [0.2, 0.25) is 0 Å². The van der Waals surface area contributed by atoms with Gasteiger partial charge in [0.1, 0.15) is 0 Å². The van der Waals surface area contributed by atoms with Crippen LogP contribution < -0.4 is 21.7 Å². The zero-order valence-electron chi connectivity index (χ0n) is 13.6. The zero-order chi connectivity index (χ0) is 16.8. The van der Waals surface area contributed by atoms with E-state index in [1.165, 1.54) is 12.8 Å². The van der Waals surface area contributed by atoms with Crippen LogP contribution in [0, 0.1) is 0 Å². The van der Waals surface area contributed by atoms with E-state index >= 15 is 0 Å². The van der Waals surface area contributed by atoms with E-state index in [0.29, 0.717) is 30.0 Å². The number of nitrogens with two attached hydrogens (primary N) is 1. The van der Waals surface area contributed by atoms with Crippen LogP contribution in [-0.4, -0.2) is 34.3 Å². The van der Waals surface area contributed by atoms with Crippen molar-refractivity contribution in [3.63, 3.8) is 0 Å². The van der Waals surface area contributed by atoms with Gasteiger partial charge in [-0.3, -0.25) is 0 Å². The van der Waals surface area contributed by atoms with Gasteiger partial charge in [0.2, 0.25) is 5.95 Å². The number of hydrogen-bond donors (Lipinski definition) is 5. The molecule has 6 N–H and O–H groups in total. The lowest BCUT2D eigenvalue weighted by Gasteiger charge is -2.15. The number of rotatable bonds is 7. The van der Waals surface area contributed by atoms with Gasteiger partial charge in [0.05, 0.1) is 18.5 Å². The van der Waals surface area contributed by atoms with Crippen LogP contribution in [0.4, 0.5) is 28.8 Å². The average Bonchev–Trinajstić information content (AvgIpc) is 3.10. The minimum absolute atomic E-state index is 0.107. The number of nitrogen functional groups attached to an aromatic ring is 1. The third-order valence-electron chi connectivity index (χ3n) is 4.10. The van der Waals surface area contributed by atoms with Crippen LogP contribution >= 0.6 is 0 Å². The molecule has 0 amide bonds. The first-order chi connectivity index (χ1) is 11.7. The van der Waals surface area contributed by atoms with Gasteiger partial charge in [-0.25, -0.2) is 4.98 Å². The fourth-order valence-corrected chi connectivity index (χ4v) is 2.83. The van der Waals surface area contributed by atoms with Gasteiger partial charge < -0.3 is 26.8 Å². The third-order valence-corrected chi connectivity index (χ3v) is 4.10. The predicted molar refractivity (Wildman–Crippen MR) is 97.6 cm³/mol. The maximum atomic E-state index is 8.82. The van der Waals surface area contributed by atoms with Gasteiger partial charge in [-0.05, 0) is 37.1 Å². The first-order valence-corrected chi connectivity index (χ1v) is 8.35. The summed E-state index contributed by atoms with van der Waals surface area (Å²) >= 11 is 0. The van der Waals surface area contributed by atoms with Crippen molar-refractivity contribution in [3.8, 4) is 0 Å². The van der Waals surface area contributed by atoms with Gasteiger partial charge in [0, 0.05) is 24.0 Å². The quantitative estimate of drug-likeness (QED) is 0.531. The maximum Gasteiger partial charge on any atom is 0.229 e. The van der Waals surface area contributed by atoms with Gasteiger partial charge in [-0.2, -0.15) is 4.98 Å². The van der Waals surface area contributed by atoms with Gasteiger partial charge in [-0.15, -0.1) is 0 Å². The van der Waals surface area contributed by atoms with Crippen LogP contribution in [0.1, 0.15) is 25.7 Å². The SMILES string of the molecule is Nc1cnc(Nc2ccc(NCCO)cc2)nc1NC1CCCC1. The molecule has 0 saturated heterocycles. The highest BCUT2D eigenvalue weighted by molar-refractivity contribution is 5.65. The normalized spacial score (nSPS) is 14.5. The smallest absolute Gasteiger partial charge is 0.229 e. The van der Waals surface area contributed by atoms with Gasteiger partial charge >= 0.3 is 0 Å². The minimum Gasteiger partial charge on any atom is -0.395 e. The van der Waals surface area contributed by atoms with E-state index in [4.69, 9.17) is 10.8 Å². The first kappa shape index (κ1) is 16.3. The molecule has 7 nitrogen and oxygen atoms in total. The van der Waals surface area contributed by atoms with Crippen LogP contribution in [-0.2, 0) is 0 Å². The molecule has 1 aliphatic carbocycles. The molecule has 1 saturated carbocycles. The Morgan fingerprint density at radius 2 is 1.83 bits per heavy atom. The Hall–Kier alpha value is -2.54. The second-order valence-electron chi connectivity index (χ2n) is 5.98. The molecule has 0 radical (unpaired) electrons. The summed E-state index contributed by atoms with van der Waals surface area (Å²) in [4.78, 5) is 8.74. The molecule has 7 heteroatoms. The van der Waals surface area contributed by atoms with Crippen molar-refractivity contribution in [1.29, 1.82) is 0 Å². The number of nitrogens with one attached hydrogen (secondary N) is 3. The van der Waals surface area contributed by atoms with Crippen molar-refractivity contribution in [2.45, 2.75) is 31.7 Å². The molecule has 3 rings (SSSR count). The summed E-state index contributed by atoms with van der Waals surface area (Å²) in [6.45, 7) is 0.639. The van der Waals surface area contributed by atoms with E-state index in [9.17, 15) is 0 Å². The Bertz CT molecular complexity index is 655. The Morgan fingerprint density at radius 3 is 2.54 bits per heavy atom. The van der Waals surface area contributed by atoms with Crippen molar-refractivity contribution < 1.29 is 5.11 Å².